The van der Waals surface area contributed by atoms with E-state index in [0.717, 1.165) is 25.3 Å². The van der Waals surface area contributed by atoms with E-state index in [-0.39, 0.29) is 0 Å². The standard InChI is InChI=1S/C12H22N2O/c1-13-10-2-4-11(5-3-10)14-6-12(7-14)8-15-9-12/h10-11,13H,2-9H2,1H3. The van der Waals surface area contributed by atoms with Crippen molar-refractivity contribution in [1.82, 2.24) is 10.2 Å². The minimum atomic E-state index is 0.597. The number of likely N-dealkylation sites (tertiary alicyclic amines) is 1. The van der Waals surface area contributed by atoms with E-state index in [1.54, 1.807) is 0 Å². The lowest BCUT2D eigenvalue weighted by Crippen LogP contribution is -2.68. The molecule has 1 N–H and O–H groups in total. The van der Waals surface area contributed by atoms with Crippen LogP contribution < -0.4 is 5.32 Å². The zero-order valence-corrected chi connectivity index (χ0v) is 9.67. The van der Waals surface area contributed by atoms with Gasteiger partial charge in [-0.25, -0.2) is 0 Å². The second-order valence-electron chi connectivity index (χ2n) is 5.69. The van der Waals surface area contributed by atoms with Crippen LogP contribution in [0, 0.1) is 5.41 Å². The summed E-state index contributed by atoms with van der Waals surface area (Å²) in [6.07, 6.45) is 5.51. The summed E-state index contributed by atoms with van der Waals surface area (Å²) >= 11 is 0. The highest BCUT2D eigenvalue weighted by Gasteiger charge is 2.50. The van der Waals surface area contributed by atoms with E-state index in [2.05, 4.69) is 17.3 Å². The van der Waals surface area contributed by atoms with Crippen molar-refractivity contribution in [3.63, 3.8) is 0 Å². The number of nitrogens with zero attached hydrogens (tertiary/aromatic N) is 1. The molecule has 0 bridgehead atoms. The van der Waals surface area contributed by atoms with Gasteiger partial charge in [-0.3, -0.25) is 4.90 Å². The van der Waals surface area contributed by atoms with Crippen molar-refractivity contribution < 1.29 is 4.74 Å². The molecule has 0 unspecified atom stereocenters. The zero-order valence-electron chi connectivity index (χ0n) is 9.67. The SMILES string of the molecule is CNC1CCC(N2CC3(COC3)C2)CC1. The molecule has 2 heterocycles. The Morgan fingerprint density at radius 2 is 1.80 bits per heavy atom. The maximum atomic E-state index is 5.31. The van der Waals surface area contributed by atoms with Gasteiger partial charge in [-0.2, -0.15) is 0 Å². The molecule has 3 aliphatic rings. The Balaban J connectivity index is 1.45. The smallest absolute Gasteiger partial charge is 0.0569 e. The first-order valence-corrected chi connectivity index (χ1v) is 6.30. The fourth-order valence-corrected chi connectivity index (χ4v) is 3.38. The molecule has 86 valence electrons. The molecular weight excluding hydrogens is 188 g/mol. The molecule has 2 aliphatic heterocycles. The summed E-state index contributed by atoms with van der Waals surface area (Å²) in [5.41, 5.74) is 0.597. The van der Waals surface area contributed by atoms with Crippen LogP contribution in [-0.2, 0) is 4.74 Å². The molecule has 3 nitrogen and oxygen atoms in total. The molecule has 0 aromatic heterocycles. The number of ether oxygens (including phenoxy) is 1. The van der Waals surface area contributed by atoms with Crippen LogP contribution in [0.5, 0.6) is 0 Å². The van der Waals surface area contributed by atoms with Gasteiger partial charge in [-0.1, -0.05) is 0 Å². The van der Waals surface area contributed by atoms with Gasteiger partial charge in [-0.15, -0.1) is 0 Å². The predicted molar refractivity (Wildman–Crippen MR) is 59.9 cm³/mol. The van der Waals surface area contributed by atoms with Crippen LogP contribution in [0.3, 0.4) is 0 Å². The fraction of sp³-hybridized carbons (Fsp3) is 1.00. The second-order valence-corrected chi connectivity index (χ2v) is 5.69. The molecule has 3 heteroatoms. The molecule has 0 amide bonds. The molecule has 1 saturated carbocycles. The third-order valence-electron chi connectivity index (χ3n) is 4.51. The summed E-state index contributed by atoms with van der Waals surface area (Å²) < 4.78 is 5.31. The minimum absolute atomic E-state index is 0.597. The van der Waals surface area contributed by atoms with E-state index < -0.39 is 0 Å². The Hall–Kier alpha value is -0.120. The van der Waals surface area contributed by atoms with Crippen molar-refractivity contribution in [2.75, 3.05) is 33.4 Å². The lowest BCUT2D eigenvalue weighted by molar-refractivity contribution is -0.200. The average Bonchev–Trinajstić information content (AvgIpc) is 2.14. The zero-order chi connectivity index (χ0) is 10.3. The van der Waals surface area contributed by atoms with Crippen molar-refractivity contribution in [3.8, 4) is 0 Å². The highest BCUT2D eigenvalue weighted by Crippen LogP contribution is 2.40. The molecule has 0 aromatic rings. The molecule has 3 fully saturated rings. The topological polar surface area (TPSA) is 24.5 Å². The van der Waals surface area contributed by atoms with Crippen molar-refractivity contribution in [1.29, 1.82) is 0 Å². The van der Waals surface area contributed by atoms with Crippen LogP contribution in [0.4, 0.5) is 0 Å². The molecule has 15 heavy (non-hydrogen) atoms. The van der Waals surface area contributed by atoms with Gasteiger partial charge in [0.05, 0.1) is 13.2 Å². The first kappa shape index (κ1) is 10.1. The van der Waals surface area contributed by atoms with Gasteiger partial charge in [0.2, 0.25) is 0 Å². The second kappa shape index (κ2) is 3.72. The van der Waals surface area contributed by atoms with Gasteiger partial charge < -0.3 is 10.1 Å². The lowest BCUT2D eigenvalue weighted by Gasteiger charge is -2.58. The van der Waals surface area contributed by atoms with Gasteiger partial charge in [0, 0.05) is 30.6 Å². The van der Waals surface area contributed by atoms with Gasteiger partial charge in [0.1, 0.15) is 0 Å². The molecule has 1 aliphatic carbocycles. The van der Waals surface area contributed by atoms with Gasteiger partial charge in [0.25, 0.3) is 0 Å². The maximum Gasteiger partial charge on any atom is 0.0569 e. The molecular formula is C12H22N2O. The number of rotatable bonds is 2. The number of nitrogens with one attached hydrogen (secondary N) is 1. The third-order valence-corrected chi connectivity index (χ3v) is 4.51. The Morgan fingerprint density at radius 3 is 2.27 bits per heavy atom. The van der Waals surface area contributed by atoms with Crippen LogP contribution in [0.1, 0.15) is 25.7 Å². The average molecular weight is 210 g/mol. The largest absolute Gasteiger partial charge is 0.380 e. The van der Waals surface area contributed by atoms with E-state index in [4.69, 9.17) is 4.74 Å². The van der Waals surface area contributed by atoms with E-state index in [1.165, 1.54) is 38.8 Å². The molecule has 2 saturated heterocycles. The van der Waals surface area contributed by atoms with Crippen LogP contribution in [-0.4, -0.2) is 50.3 Å². The summed E-state index contributed by atoms with van der Waals surface area (Å²) in [6.45, 7) is 4.66. The molecule has 0 aromatic carbocycles. The maximum absolute atomic E-state index is 5.31. The van der Waals surface area contributed by atoms with Crippen molar-refractivity contribution in [2.45, 2.75) is 37.8 Å². The Bertz CT molecular complexity index is 224. The Morgan fingerprint density at radius 1 is 1.13 bits per heavy atom. The van der Waals surface area contributed by atoms with E-state index in [9.17, 15) is 0 Å². The molecule has 0 radical (unpaired) electrons. The normalized spacial score (nSPS) is 39.8. The van der Waals surface area contributed by atoms with E-state index in [1.807, 2.05) is 0 Å². The molecule has 1 spiro atoms. The first-order valence-electron chi connectivity index (χ1n) is 6.30. The summed E-state index contributed by atoms with van der Waals surface area (Å²) in [4.78, 5) is 2.69. The van der Waals surface area contributed by atoms with Crippen LogP contribution >= 0.6 is 0 Å². The van der Waals surface area contributed by atoms with E-state index in [0.29, 0.717) is 5.41 Å². The molecule has 3 rings (SSSR count). The quantitative estimate of drug-likeness (QED) is 0.731. The van der Waals surface area contributed by atoms with Gasteiger partial charge >= 0.3 is 0 Å². The number of hydrogen-bond acceptors (Lipinski definition) is 3. The van der Waals surface area contributed by atoms with Crippen LogP contribution in [0.15, 0.2) is 0 Å². The highest BCUT2D eigenvalue weighted by atomic mass is 16.5. The summed E-state index contributed by atoms with van der Waals surface area (Å²) in [5.74, 6) is 0. The number of hydrogen-bond donors (Lipinski definition) is 1. The third kappa shape index (κ3) is 1.71. The van der Waals surface area contributed by atoms with Crippen molar-refractivity contribution in [2.24, 2.45) is 5.41 Å². The molecule has 0 atom stereocenters. The highest BCUT2D eigenvalue weighted by molar-refractivity contribution is 5.02. The predicted octanol–water partition coefficient (Wildman–Crippen LogP) is 0.849. The van der Waals surface area contributed by atoms with Gasteiger partial charge in [0.15, 0.2) is 0 Å². The monoisotopic (exact) mass is 210 g/mol. The Labute approximate surface area is 92.2 Å². The van der Waals surface area contributed by atoms with Crippen LogP contribution in [0.25, 0.3) is 0 Å². The Kier molecular flexibility index (Phi) is 2.49. The van der Waals surface area contributed by atoms with Crippen molar-refractivity contribution >= 4 is 0 Å². The van der Waals surface area contributed by atoms with Crippen molar-refractivity contribution in [3.05, 3.63) is 0 Å². The summed E-state index contributed by atoms with van der Waals surface area (Å²) in [7, 11) is 2.09. The van der Waals surface area contributed by atoms with E-state index >= 15 is 0 Å². The minimum Gasteiger partial charge on any atom is -0.380 e. The fourth-order valence-electron chi connectivity index (χ4n) is 3.38. The van der Waals surface area contributed by atoms with Gasteiger partial charge in [-0.05, 0) is 32.7 Å². The summed E-state index contributed by atoms with van der Waals surface area (Å²) in [5, 5.41) is 3.40. The lowest BCUT2D eigenvalue weighted by atomic mass is 9.75. The summed E-state index contributed by atoms with van der Waals surface area (Å²) in [6, 6.07) is 1.66. The first-order chi connectivity index (χ1) is 7.31. The van der Waals surface area contributed by atoms with Crippen LogP contribution in [0.2, 0.25) is 0 Å².